The summed E-state index contributed by atoms with van der Waals surface area (Å²) in [4.78, 5) is 18.8. The number of anilines is 1. The average Bonchev–Trinajstić information content (AvgIpc) is 3.29. The van der Waals surface area contributed by atoms with Crippen molar-refractivity contribution in [2.24, 2.45) is 0 Å². The third kappa shape index (κ3) is 4.44. The van der Waals surface area contributed by atoms with Crippen molar-refractivity contribution in [2.45, 2.75) is 32.2 Å². The third-order valence-electron chi connectivity index (χ3n) is 4.85. The maximum atomic E-state index is 12.4. The van der Waals surface area contributed by atoms with Crippen molar-refractivity contribution in [3.63, 3.8) is 0 Å². The molecule has 2 aromatic heterocycles. The summed E-state index contributed by atoms with van der Waals surface area (Å²) in [5, 5.41) is 11.2. The van der Waals surface area contributed by atoms with Gasteiger partial charge in [0.2, 0.25) is 11.6 Å². The second-order valence-corrected chi connectivity index (χ2v) is 7.06. The van der Waals surface area contributed by atoms with E-state index < -0.39 is 6.36 Å². The van der Waals surface area contributed by atoms with Crippen LogP contribution in [0, 0.1) is 6.92 Å². The Balaban J connectivity index is 1.33. The molecule has 1 fully saturated rings. The molecule has 8 nitrogen and oxygen atoms in total. The summed E-state index contributed by atoms with van der Waals surface area (Å²) in [5.74, 6) is 0.971. The summed E-state index contributed by atoms with van der Waals surface area (Å²) in [6.07, 6.45) is -0.428. The van der Waals surface area contributed by atoms with Crippen molar-refractivity contribution in [3.05, 3.63) is 48.0 Å². The number of rotatable bonds is 5. The van der Waals surface area contributed by atoms with Crippen LogP contribution in [0.25, 0.3) is 5.65 Å². The summed E-state index contributed by atoms with van der Waals surface area (Å²) in [5.41, 5.74) is 1.27. The molecule has 1 aliphatic heterocycles. The van der Waals surface area contributed by atoms with Gasteiger partial charge in [-0.2, -0.15) is 0 Å². The van der Waals surface area contributed by atoms with E-state index in [1.807, 2.05) is 11.3 Å². The van der Waals surface area contributed by atoms with Crippen LogP contribution < -0.4 is 15.0 Å². The van der Waals surface area contributed by atoms with Gasteiger partial charge in [0.25, 0.3) is 0 Å². The molecule has 1 atom stereocenters. The van der Waals surface area contributed by atoms with Crippen LogP contribution in [-0.2, 0) is 11.2 Å². The number of aromatic nitrogens is 4. The van der Waals surface area contributed by atoms with Crippen LogP contribution in [0.5, 0.6) is 5.75 Å². The quantitative estimate of drug-likeness (QED) is 0.682. The zero-order valence-corrected chi connectivity index (χ0v) is 16.1. The van der Waals surface area contributed by atoms with Gasteiger partial charge in [-0.05, 0) is 31.0 Å². The van der Waals surface area contributed by atoms with Crippen molar-refractivity contribution in [3.8, 4) is 5.75 Å². The highest BCUT2D eigenvalue weighted by Crippen LogP contribution is 2.24. The summed E-state index contributed by atoms with van der Waals surface area (Å²) in [7, 11) is 0. The Kier molecular flexibility index (Phi) is 5.18. The molecule has 11 heteroatoms. The number of amides is 1. The van der Waals surface area contributed by atoms with E-state index in [-0.39, 0.29) is 24.1 Å². The number of carbonyl (C=O) groups is 1. The van der Waals surface area contributed by atoms with Gasteiger partial charge >= 0.3 is 6.36 Å². The zero-order valence-electron chi connectivity index (χ0n) is 16.1. The molecule has 4 rings (SSSR count). The molecule has 0 bridgehead atoms. The maximum Gasteiger partial charge on any atom is 0.573 e. The lowest BCUT2D eigenvalue weighted by molar-refractivity contribution is -0.274. The van der Waals surface area contributed by atoms with E-state index in [0.29, 0.717) is 24.3 Å². The van der Waals surface area contributed by atoms with E-state index in [2.05, 4.69) is 30.1 Å². The molecule has 3 aromatic rings. The molecule has 1 N–H and O–H groups in total. The fraction of sp³-hybridized carbons (Fsp3) is 0.368. The Morgan fingerprint density at radius 3 is 2.77 bits per heavy atom. The Hall–Kier alpha value is -3.37. The van der Waals surface area contributed by atoms with E-state index in [9.17, 15) is 18.0 Å². The lowest BCUT2D eigenvalue weighted by atomic mass is 10.1. The highest BCUT2D eigenvalue weighted by atomic mass is 19.4. The minimum atomic E-state index is -4.74. The monoisotopic (exact) mass is 420 g/mol. The lowest BCUT2D eigenvalue weighted by Gasteiger charge is -2.18. The zero-order chi connectivity index (χ0) is 21.3. The molecule has 0 radical (unpaired) electrons. The van der Waals surface area contributed by atoms with Gasteiger partial charge in [-0.3, -0.25) is 9.20 Å². The Bertz CT molecular complexity index is 1050. The predicted molar refractivity (Wildman–Crippen MR) is 101 cm³/mol. The molecule has 158 valence electrons. The van der Waals surface area contributed by atoms with Gasteiger partial charge in [0.1, 0.15) is 11.6 Å². The molecular formula is C19H19F3N6O2. The van der Waals surface area contributed by atoms with E-state index in [4.69, 9.17) is 0 Å². The number of nitrogens with zero attached hydrogens (tertiary/aromatic N) is 5. The van der Waals surface area contributed by atoms with Crippen LogP contribution in [0.3, 0.4) is 0 Å². The van der Waals surface area contributed by atoms with Gasteiger partial charge in [-0.1, -0.05) is 12.1 Å². The maximum absolute atomic E-state index is 12.4. The second kappa shape index (κ2) is 7.81. The summed E-state index contributed by atoms with van der Waals surface area (Å²) in [6, 6.07) is 5.22. The number of nitrogens with one attached hydrogen (secondary N) is 1. The van der Waals surface area contributed by atoms with Gasteiger partial charge in [0, 0.05) is 31.5 Å². The Morgan fingerprint density at radius 1 is 1.27 bits per heavy atom. The predicted octanol–water partition coefficient (Wildman–Crippen LogP) is 2.27. The standard InChI is InChI=1S/C19H19F3N6O2/c1-12-25-26-18-17(23-7-9-28(12)18)27-8-6-14(11-27)24-16(29)10-13-2-4-15(5-3-13)30-19(20,21)22/h2-5,7,9,14H,6,8,10-11H2,1H3,(H,24,29)/t14-/m1/s1. The molecule has 1 saturated heterocycles. The van der Waals surface area contributed by atoms with Crippen molar-refractivity contribution < 1.29 is 22.7 Å². The van der Waals surface area contributed by atoms with Gasteiger partial charge in [-0.25, -0.2) is 4.98 Å². The normalized spacial score (nSPS) is 16.8. The van der Waals surface area contributed by atoms with Gasteiger partial charge < -0.3 is 15.0 Å². The second-order valence-electron chi connectivity index (χ2n) is 7.06. The number of carbonyl (C=O) groups excluding carboxylic acids is 1. The topological polar surface area (TPSA) is 84.7 Å². The van der Waals surface area contributed by atoms with Crippen LogP contribution >= 0.6 is 0 Å². The Labute approximate surface area is 169 Å². The molecular weight excluding hydrogens is 401 g/mol. The van der Waals surface area contributed by atoms with Crippen molar-refractivity contribution in [1.82, 2.24) is 24.9 Å². The minimum Gasteiger partial charge on any atom is -0.406 e. The van der Waals surface area contributed by atoms with Gasteiger partial charge in [-0.15, -0.1) is 23.4 Å². The first kappa shape index (κ1) is 19.9. The van der Waals surface area contributed by atoms with Crippen LogP contribution in [-0.4, -0.2) is 51.0 Å². The molecule has 30 heavy (non-hydrogen) atoms. The Morgan fingerprint density at radius 2 is 2.03 bits per heavy atom. The van der Waals surface area contributed by atoms with Crippen molar-refractivity contribution in [2.75, 3.05) is 18.0 Å². The van der Waals surface area contributed by atoms with Gasteiger partial charge in [0.15, 0.2) is 5.82 Å². The highest BCUT2D eigenvalue weighted by Gasteiger charge is 2.31. The number of aryl methyl sites for hydroxylation is 1. The van der Waals surface area contributed by atoms with Crippen LogP contribution in [0.2, 0.25) is 0 Å². The number of halogens is 3. The van der Waals surface area contributed by atoms with E-state index in [0.717, 1.165) is 18.1 Å². The van der Waals surface area contributed by atoms with Crippen molar-refractivity contribution in [1.29, 1.82) is 0 Å². The van der Waals surface area contributed by atoms with Gasteiger partial charge in [0.05, 0.1) is 6.42 Å². The average molecular weight is 420 g/mol. The smallest absolute Gasteiger partial charge is 0.406 e. The highest BCUT2D eigenvalue weighted by molar-refractivity contribution is 5.79. The molecule has 0 aliphatic carbocycles. The SMILES string of the molecule is Cc1nnc2c(N3CC[C@@H](NC(=O)Cc4ccc(OC(F)(F)F)cc4)C3)nccn12. The first-order valence-electron chi connectivity index (χ1n) is 9.34. The van der Waals surface area contributed by atoms with Crippen LogP contribution in [0.1, 0.15) is 17.8 Å². The third-order valence-corrected chi connectivity index (χ3v) is 4.85. The fourth-order valence-electron chi connectivity index (χ4n) is 3.50. The largest absolute Gasteiger partial charge is 0.573 e. The minimum absolute atomic E-state index is 0.0589. The molecule has 1 aliphatic rings. The number of fused-ring (bicyclic) bond motifs is 1. The summed E-state index contributed by atoms with van der Waals surface area (Å²) < 4.78 is 42.3. The van der Waals surface area contributed by atoms with E-state index in [1.165, 1.54) is 24.3 Å². The summed E-state index contributed by atoms with van der Waals surface area (Å²) >= 11 is 0. The van der Waals surface area contributed by atoms with E-state index >= 15 is 0 Å². The molecule has 0 saturated carbocycles. The molecule has 0 unspecified atom stereocenters. The lowest BCUT2D eigenvalue weighted by Crippen LogP contribution is -2.38. The molecule has 0 spiro atoms. The molecule has 1 amide bonds. The first-order chi connectivity index (χ1) is 14.3. The number of hydrogen-bond donors (Lipinski definition) is 1. The van der Waals surface area contributed by atoms with Crippen molar-refractivity contribution >= 4 is 17.4 Å². The van der Waals surface area contributed by atoms with Crippen LogP contribution in [0.4, 0.5) is 19.0 Å². The number of alkyl halides is 3. The summed E-state index contributed by atoms with van der Waals surface area (Å²) in [6.45, 7) is 3.16. The molecule has 1 aromatic carbocycles. The first-order valence-corrected chi connectivity index (χ1v) is 9.34. The molecule has 3 heterocycles. The fourth-order valence-corrected chi connectivity index (χ4v) is 3.50. The van der Waals surface area contributed by atoms with E-state index in [1.54, 1.807) is 12.4 Å². The number of hydrogen-bond acceptors (Lipinski definition) is 6. The number of ether oxygens (including phenoxy) is 1. The van der Waals surface area contributed by atoms with Crippen LogP contribution in [0.15, 0.2) is 36.7 Å². The number of benzene rings is 1.